The highest BCUT2D eigenvalue weighted by atomic mass is 35.6. The molecule has 1 heterocycles. The van der Waals surface area contributed by atoms with Gasteiger partial charge in [0.05, 0.1) is 5.69 Å². The second-order valence-corrected chi connectivity index (χ2v) is 4.53. The molecule has 1 rings (SSSR count). The van der Waals surface area contributed by atoms with Crippen molar-refractivity contribution >= 4 is 34.8 Å². The number of nitrogens with zero attached hydrogens (tertiary/aromatic N) is 1. The lowest BCUT2D eigenvalue weighted by Gasteiger charge is -2.08. The van der Waals surface area contributed by atoms with Gasteiger partial charge in [0, 0.05) is 5.69 Å². The van der Waals surface area contributed by atoms with E-state index in [1.807, 2.05) is 0 Å². The predicted molar refractivity (Wildman–Crippen MR) is 48.8 cm³/mol. The Morgan fingerprint density at radius 3 is 2.50 bits per heavy atom. The molecule has 1 aromatic heterocycles. The molecule has 1 N–H and O–H groups in total. The topological polar surface area (TPSA) is 45.8 Å². The van der Waals surface area contributed by atoms with Crippen molar-refractivity contribution in [3.8, 4) is 0 Å². The third kappa shape index (κ3) is 2.37. The molecule has 0 bridgehead atoms. The van der Waals surface area contributed by atoms with Crippen LogP contribution < -0.4 is 5.69 Å². The molecule has 12 heavy (non-hydrogen) atoms. The van der Waals surface area contributed by atoms with E-state index in [9.17, 15) is 4.79 Å². The maximum absolute atomic E-state index is 10.8. The van der Waals surface area contributed by atoms with Crippen molar-refractivity contribution in [3.05, 3.63) is 27.9 Å². The zero-order chi connectivity index (χ0) is 9.35. The highest BCUT2D eigenvalue weighted by Crippen LogP contribution is 2.36. The van der Waals surface area contributed by atoms with Crippen LogP contribution in [0.4, 0.5) is 0 Å². The number of aryl methyl sites for hydroxylation is 1. The second kappa shape index (κ2) is 3.24. The lowest BCUT2D eigenvalue weighted by atomic mass is 10.3. The molecule has 0 saturated carbocycles. The largest absolute Gasteiger partial charge is 0.345 e. The molecule has 3 nitrogen and oxygen atoms in total. The summed E-state index contributed by atoms with van der Waals surface area (Å²) in [5.74, 6) is 0. The van der Waals surface area contributed by atoms with E-state index in [1.54, 1.807) is 6.92 Å². The minimum absolute atomic E-state index is 0.133. The number of aromatic nitrogens is 2. The first-order valence-electron chi connectivity index (χ1n) is 3.05. The van der Waals surface area contributed by atoms with Gasteiger partial charge in [-0.05, 0) is 13.0 Å². The van der Waals surface area contributed by atoms with E-state index in [1.165, 1.54) is 6.07 Å². The molecular formula is C6H5Cl3N2O. The molecular weight excluding hydrogens is 222 g/mol. The van der Waals surface area contributed by atoms with E-state index in [-0.39, 0.29) is 5.69 Å². The van der Waals surface area contributed by atoms with Crippen molar-refractivity contribution < 1.29 is 0 Å². The fourth-order valence-electron chi connectivity index (χ4n) is 0.725. The monoisotopic (exact) mass is 226 g/mol. The van der Waals surface area contributed by atoms with Gasteiger partial charge in [0.1, 0.15) is 0 Å². The van der Waals surface area contributed by atoms with Crippen LogP contribution in [0.1, 0.15) is 11.4 Å². The Bertz CT molecular complexity index is 341. The minimum atomic E-state index is -1.64. The molecule has 0 atom stereocenters. The van der Waals surface area contributed by atoms with E-state index in [0.29, 0.717) is 5.69 Å². The number of aromatic amines is 1. The van der Waals surface area contributed by atoms with Crippen LogP contribution in [-0.2, 0) is 3.79 Å². The molecule has 0 aliphatic rings. The van der Waals surface area contributed by atoms with Gasteiger partial charge in [0.2, 0.25) is 3.79 Å². The zero-order valence-electron chi connectivity index (χ0n) is 6.07. The summed E-state index contributed by atoms with van der Waals surface area (Å²) in [6.07, 6.45) is 0. The molecule has 0 radical (unpaired) electrons. The number of hydrogen-bond acceptors (Lipinski definition) is 2. The van der Waals surface area contributed by atoms with Crippen molar-refractivity contribution in [1.29, 1.82) is 0 Å². The van der Waals surface area contributed by atoms with E-state index in [0.717, 1.165) is 0 Å². The van der Waals surface area contributed by atoms with Crippen LogP contribution in [0.3, 0.4) is 0 Å². The van der Waals surface area contributed by atoms with Crippen LogP contribution in [0.5, 0.6) is 0 Å². The average molecular weight is 227 g/mol. The summed E-state index contributed by atoms with van der Waals surface area (Å²) in [7, 11) is 0. The van der Waals surface area contributed by atoms with Crippen molar-refractivity contribution in [2.45, 2.75) is 10.7 Å². The molecule has 0 saturated heterocycles. The van der Waals surface area contributed by atoms with Crippen molar-refractivity contribution in [2.24, 2.45) is 0 Å². The summed E-state index contributed by atoms with van der Waals surface area (Å²) < 4.78 is -1.64. The first-order chi connectivity index (χ1) is 5.39. The molecule has 1 aromatic rings. The second-order valence-electron chi connectivity index (χ2n) is 2.25. The summed E-state index contributed by atoms with van der Waals surface area (Å²) in [6, 6.07) is 1.51. The maximum atomic E-state index is 10.8. The summed E-state index contributed by atoms with van der Waals surface area (Å²) >= 11 is 16.6. The Kier molecular flexibility index (Phi) is 2.66. The third-order valence-electron chi connectivity index (χ3n) is 1.17. The van der Waals surface area contributed by atoms with Crippen LogP contribution in [-0.4, -0.2) is 9.97 Å². The van der Waals surface area contributed by atoms with Gasteiger partial charge >= 0.3 is 5.69 Å². The van der Waals surface area contributed by atoms with Crippen LogP contribution >= 0.6 is 34.8 Å². The van der Waals surface area contributed by atoms with Crippen LogP contribution in [0.15, 0.2) is 10.9 Å². The molecule has 0 aromatic carbocycles. The molecule has 0 aliphatic heterocycles. The lowest BCUT2D eigenvalue weighted by molar-refractivity contribution is 0.949. The van der Waals surface area contributed by atoms with Gasteiger partial charge in [-0.2, -0.15) is 4.98 Å². The van der Waals surface area contributed by atoms with E-state index < -0.39 is 9.48 Å². The maximum Gasteiger partial charge on any atom is 0.345 e. The van der Waals surface area contributed by atoms with E-state index in [2.05, 4.69) is 9.97 Å². The first kappa shape index (κ1) is 9.84. The number of rotatable bonds is 0. The van der Waals surface area contributed by atoms with Gasteiger partial charge in [-0.3, -0.25) is 0 Å². The first-order valence-corrected chi connectivity index (χ1v) is 4.18. The van der Waals surface area contributed by atoms with Gasteiger partial charge in [-0.1, -0.05) is 34.8 Å². The molecule has 66 valence electrons. The molecule has 0 fully saturated rings. The summed E-state index contributed by atoms with van der Waals surface area (Å²) in [6.45, 7) is 1.68. The van der Waals surface area contributed by atoms with Crippen LogP contribution in [0.25, 0.3) is 0 Å². The van der Waals surface area contributed by atoms with E-state index in [4.69, 9.17) is 34.8 Å². The number of alkyl halides is 3. The Morgan fingerprint density at radius 1 is 1.50 bits per heavy atom. The molecule has 0 aliphatic carbocycles. The lowest BCUT2D eigenvalue weighted by Crippen LogP contribution is -2.17. The highest BCUT2D eigenvalue weighted by Gasteiger charge is 2.25. The smallest absolute Gasteiger partial charge is 0.310 e. The van der Waals surface area contributed by atoms with Gasteiger partial charge < -0.3 is 4.98 Å². The van der Waals surface area contributed by atoms with Crippen LogP contribution in [0, 0.1) is 6.92 Å². The Hall–Kier alpha value is -0.250. The average Bonchev–Trinajstić information content (AvgIpc) is 1.82. The van der Waals surface area contributed by atoms with Gasteiger partial charge in [-0.15, -0.1) is 0 Å². The molecule has 0 unspecified atom stereocenters. The zero-order valence-corrected chi connectivity index (χ0v) is 8.33. The highest BCUT2D eigenvalue weighted by molar-refractivity contribution is 6.66. The van der Waals surface area contributed by atoms with Crippen molar-refractivity contribution in [3.63, 3.8) is 0 Å². The van der Waals surface area contributed by atoms with Gasteiger partial charge in [0.25, 0.3) is 0 Å². The summed E-state index contributed by atoms with van der Waals surface area (Å²) in [5, 5.41) is 0. The van der Waals surface area contributed by atoms with E-state index >= 15 is 0 Å². The number of hydrogen-bond donors (Lipinski definition) is 1. The van der Waals surface area contributed by atoms with Crippen molar-refractivity contribution in [1.82, 2.24) is 9.97 Å². The Labute approximate surface area is 83.7 Å². The van der Waals surface area contributed by atoms with Crippen LogP contribution in [0.2, 0.25) is 0 Å². The standard InChI is InChI=1S/C6H5Cl3N2O/c1-3-2-4(6(7,8)9)11-5(12)10-3/h2H,1H3,(H,10,11,12). The SMILES string of the molecule is Cc1cc(C(Cl)(Cl)Cl)nc(=O)[nH]1. The molecule has 0 amide bonds. The molecule has 6 heteroatoms. The third-order valence-corrected chi connectivity index (χ3v) is 1.75. The number of halogens is 3. The number of nitrogens with one attached hydrogen (secondary N) is 1. The number of H-pyrrole nitrogens is 1. The fourth-order valence-corrected chi connectivity index (χ4v) is 1.02. The minimum Gasteiger partial charge on any atom is -0.310 e. The van der Waals surface area contributed by atoms with Gasteiger partial charge in [0.15, 0.2) is 0 Å². The summed E-state index contributed by atoms with van der Waals surface area (Å²) in [5.41, 5.74) is 0.224. The fraction of sp³-hybridized carbons (Fsp3) is 0.333. The Morgan fingerprint density at radius 2 is 2.08 bits per heavy atom. The Balaban J connectivity index is 3.27. The normalized spacial score (nSPS) is 11.7. The predicted octanol–water partition coefficient (Wildman–Crippen LogP) is 1.91. The van der Waals surface area contributed by atoms with Gasteiger partial charge in [-0.25, -0.2) is 4.79 Å². The van der Waals surface area contributed by atoms with Crippen molar-refractivity contribution in [2.75, 3.05) is 0 Å². The quantitative estimate of drug-likeness (QED) is 0.688. The molecule has 0 spiro atoms. The summed E-state index contributed by atoms with van der Waals surface area (Å²) in [4.78, 5) is 16.8.